The molecule has 3 rings (SSSR count). The predicted molar refractivity (Wildman–Crippen MR) is 79.7 cm³/mol. The molecule has 6 nitrogen and oxygen atoms in total. The molecule has 2 heterocycles. The molecule has 110 valence electrons. The molecule has 1 aromatic carbocycles. The molecule has 0 fully saturated rings. The number of hydrogen-bond donors (Lipinski definition) is 1. The second-order valence-corrected chi connectivity index (χ2v) is 5.33. The van der Waals surface area contributed by atoms with E-state index in [1.54, 1.807) is 0 Å². The lowest BCUT2D eigenvalue weighted by molar-refractivity contribution is 0.315. The Hall–Kier alpha value is -2.21. The summed E-state index contributed by atoms with van der Waals surface area (Å²) in [7, 11) is 0. The minimum atomic E-state index is 0.429. The Morgan fingerprint density at radius 1 is 1.29 bits per heavy atom. The fraction of sp³-hybridized carbons (Fsp3) is 0.400. The monoisotopic (exact) mass is 285 g/mol. The fourth-order valence-electron chi connectivity index (χ4n) is 2.30. The van der Waals surface area contributed by atoms with E-state index in [2.05, 4.69) is 32.1 Å². The van der Waals surface area contributed by atoms with E-state index in [1.165, 1.54) is 5.56 Å². The molecule has 0 amide bonds. The predicted octanol–water partition coefficient (Wildman–Crippen LogP) is 2.30. The van der Waals surface area contributed by atoms with Gasteiger partial charge in [-0.2, -0.15) is 0 Å². The van der Waals surface area contributed by atoms with E-state index in [0.29, 0.717) is 6.04 Å². The van der Waals surface area contributed by atoms with Gasteiger partial charge in [-0.1, -0.05) is 6.07 Å². The zero-order chi connectivity index (χ0) is 14.7. The smallest absolute Gasteiger partial charge is 0.135 e. The molecule has 0 spiro atoms. The molecule has 2 aromatic heterocycles. The first-order chi connectivity index (χ1) is 10.2. The number of aromatic nitrogens is 4. The molecule has 1 atom stereocenters. The van der Waals surface area contributed by atoms with Crippen LogP contribution < -0.4 is 5.32 Å². The van der Waals surface area contributed by atoms with Crippen molar-refractivity contribution >= 4 is 11.0 Å². The van der Waals surface area contributed by atoms with Gasteiger partial charge >= 0.3 is 0 Å². The van der Waals surface area contributed by atoms with Gasteiger partial charge in [0.05, 0.1) is 0 Å². The number of fused-ring (bicyclic) bond motifs is 1. The van der Waals surface area contributed by atoms with Crippen LogP contribution in [-0.4, -0.2) is 25.9 Å². The number of benzene rings is 1. The maximum absolute atomic E-state index is 4.71. The van der Waals surface area contributed by atoms with Gasteiger partial charge in [0.25, 0.3) is 0 Å². The van der Waals surface area contributed by atoms with Gasteiger partial charge in [-0.05, 0) is 48.3 Å². The molecule has 6 heteroatoms. The van der Waals surface area contributed by atoms with E-state index in [9.17, 15) is 0 Å². The molecule has 0 saturated heterocycles. The summed E-state index contributed by atoms with van der Waals surface area (Å²) in [6, 6.07) is 6.41. The van der Waals surface area contributed by atoms with Gasteiger partial charge in [0.2, 0.25) is 0 Å². The molecule has 0 radical (unpaired) electrons. The van der Waals surface area contributed by atoms with Gasteiger partial charge < -0.3 is 9.88 Å². The zero-order valence-electron chi connectivity index (χ0n) is 12.3. The zero-order valence-corrected chi connectivity index (χ0v) is 12.3. The van der Waals surface area contributed by atoms with Crippen molar-refractivity contribution in [2.45, 2.75) is 39.4 Å². The molecule has 0 unspecified atom stereocenters. The van der Waals surface area contributed by atoms with Crippen LogP contribution in [0.3, 0.4) is 0 Å². The normalized spacial score (nSPS) is 12.9. The Bertz CT molecular complexity index is 718. The molecular weight excluding hydrogens is 266 g/mol. The van der Waals surface area contributed by atoms with Crippen molar-refractivity contribution in [1.82, 2.24) is 25.2 Å². The summed E-state index contributed by atoms with van der Waals surface area (Å²) in [6.45, 7) is 6.01. The minimum absolute atomic E-state index is 0.429. The molecule has 21 heavy (non-hydrogen) atoms. The largest absolute Gasteiger partial charge is 0.335 e. The Morgan fingerprint density at radius 2 is 2.14 bits per heavy atom. The highest BCUT2D eigenvalue weighted by Gasteiger charge is 2.05. The Balaban J connectivity index is 1.51. The van der Waals surface area contributed by atoms with Crippen molar-refractivity contribution in [2.24, 2.45) is 0 Å². The van der Waals surface area contributed by atoms with Crippen LogP contribution in [0.15, 0.2) is 35.2 Å². The summed E-state index contributed by atoms with van der Waals surface area (Å²) in [5.41, 5.74) is 2.78. The Morgan fingerprint density at radius 3 is 2.95 bits per heavy atom. The Kier molecular flexibility index (Phi) is 3.96. The second kappa shape index (κ2) is 6.05. The number of nitrogens with one attached hydrogen (secondary N) is 1. The summed E-state index contributed by atoms with van der Waals surface area (Å²) in [4.78, 5) is 4.23. The van der Waals surface area contributed by atoms with Crippen LogP contribution in [0.5, 0.6) is 0 Å². The summed E-state index contributed by atoms with van der Waals surface area (Å²) in [5, 5.41) is 11.2. The number of nitrogens with zero attached hydrogens (tertiary/aromatic N) is 4. The lowest BCUT2D eigenvalue weighted by Crippen LogP contribution is -2.26. The van der Waals surface area contributed by atoms with Gasteiger partial charge in [0.1, 0.15) is 16.9 Å². The molecule has 0 bridgehead atoms. The van der Waals surface area contributed by atoms with Gasteiger partial charge in [-0.15, -0.1) is 0 Å². The summed E-state index contributed by atoms with van der Waals surface area (Å²) in [6.07, 6.45) is 4.92. The van der Waals surface area contributed by atoms with Crippen molar-refractivity contribution in [3.05, 3.63) is 42.0 Å². The van der Waals surface area contributed by atoms with Crippen LogP contribution in [0.4, 0.5) is 0 Å². The van der Waals surface area contributed by atoms with Gasteiger partial charge in [0.15, 0.2) is 0 Å². The van der Waals surface area contributed by atoms with Crippen LogP contribution in [0.2, 0.25) is 0 Å². The van der Waals surface area contributed by atoms with Crippen LogP contribution >= 0.6 is 0 Å². The highest BCUT2D eigenvalue weighted by Crippen LogP contribution is 2.11. The van der Waals surface area contributed by atoms with Crippen molar-refractivity contribution in [3.63, 3.8) is 0 Å². The number of rotatable bonds is 6. The first kappa shape index (κ1) is 13.8. The van der Waals surface area contributed by atoms with E-state index < -0.39 is 0 Å². The molecular formula is C15H19N5O. The SMILES string of the molecule is Cc1nccn1CC[C@@H](C)NCc1ccc2nonc2c1. The van der Waals surface area contributed by atoms with E-state index in [-0.39, 0.29) is 0 Å². The first-order valence-electron chi connectivity index (χ1n) is 7.14. The van der Waals surface area contributed by atoms with Crippen molar-refractivity contribution in [2.75, 3.05) is 0 Å². The number of imidazole rings is 1. The molecule has 1 N–H and O–H groups in total. The van der Waals surface area contributed by atoms with E-state index >= 15 is 0 Å². The number of aryl methyl sites for hydroxylation is 2. The molecule has 0 aliphatic heterocycles. The third-order valence-electron chi connectivity index (χ3n) is 3.70. The van der Waals surface area contributed by atoms with Crippen LogP contribution in [0.1, 0.15) is 24.7 Å². The van der Waals surface area contributed by atoms with Crippen molar-refractivity contribution < 1.29 is 4.63 Å². The average Bonchev–Trinajstić information content (AvgIpc) is 3.11. The maximum atomic E-state index is 4.71. The molecule has 0 aliphatic rings. The van der Waals surface area contributed by atoms with E-state index in [4.69, 9.17) is 4.63 Å². The summed E-state index contributed by atoms with van der Waals surface area (Å²) < 4.78 is 6.88. The van der Waals surface area contributed by atoms with E-state index in [1.807, 2.05) is 37.5 Å². The molecule has 3 aromatic rings. The second-order valence-electron chi connectivity index (χ2n) is 5.33. The minimum Gasteiger partial charge on any atom is -0.335 e. The standard InChI is InChI=1S/C15H19N5O/c1-11(5-7-20-8-6-16-12(20)2)17-10-13-3-4-14-15(9-13)19-21-18-14/h3-4,6,8-9,11,17H,5,7,10H2,1-2H3/t11-/m1/s1. The van der Waals surface area contributed by atoms with E-state index in [0.717, 1.165) is 36.4 Å². The third kappa shape index (κ3) is 3.28. The highest BCUT2D eigenvalue weighted by atomic mass is 16.6. The number of hydrogen-bond acceptors (Lipinski definition) is 5. The first-order valence-corrected chi connectivity index (χ1v) is 7.14. The topological polar surface area (TPSA) is 68.8 Å². The van der Waals surface area contributed by atoms with Crippen LogP contribution in [0, 0.1) is 6.92 Å². The summed E-state index contributed by atoms with van der Waals surface area (Å²) >= 11 is 0. The highest BCUT2D eigenvalue weighted by molar-refractivity contribution is 5.73. The third-order valence-corrected chi connectivity index (χ3v) is 3.70. The van der Waals surface area contributed by atoms with Crippen molar-refractivity contribution in [1.29, 1.82) is 0 Å². The molecule has 0 aliphatic carbocycles. The summed E-state index contributed by atoms with van der Waals surface area (Å²) in [5.74, 6) is 1.06. The van der Waals surface area contributed by atoms with Crippen LogP contribution in [-0.2, 0) is 13.1 Å². The average molecular weight is 285 g/mol. The maximum Gasteiger partial charge on any atom is 0.135 e. The van der Waals surface area contributed by atoms with Crippen molar-refractivity contribution in [3.8, 4) is 0 Å². The lowest BCUT2D eigenvalue weighted by atomic mass is 10.1. The quantitative estimate of drug-likeness (QED) is 0.752. The van der Waals surface area contributed by atoms with Crippen LogP contribution in [0.25, 0.3) is 11.0 Å². The lowest BCUT2D eigenvalue weighted by Gasteiger charge is -2.14. The molecule has 0 saturated carbocycles. The van der Waals surface area contributed by atoms with Gasteiger partial charge in [-0.3, -0.25) is 0 Å². The Labute approximate surface area is 123 Å². The van der Waals surface area contributed by atoms with Gasteiger partial charge in [-0.25, -0.2) is 9.61 Å². The fourth-order valence-corrected chi connectivity index (χ4v) is 2.30. The van der Waals surface area contributed by atoms with Gasteiger partial charge in [0, 0.05) is 31.5 Å².